The Morgan fingerprint density at radius 1 is 1.00 bits per heavy atom. The summed E-state index contributed by atoms with van der Waals surface area (Å²) in [5.41, 5.74) is 0. The first-order valence-electron chi connectivity index (χ1n) is 0. The quantitative estimate of drug-likeness (QED) is 0.296. The fourth-order valence-electron chi connectivity index (χ4n) is 0. The molecule has 0 saturated heterocycles. The van der Waals surface area contributed by atoms with Crippen LogP contribution in [0.1, 0.15) is 0 Å². The van der Waals surface area contributed by atoms with Crippen molar-refractivity contribution in [3.63, 3.8) is 0 Å². The second kappa shape index (κ2) is 57.4. The summed E-state index contributed by atoms with van der Waals surface area (Å²) in [6.07, 6.45) is 0. The van der Waals surface area contributed by atoms with Crippen molar-refractivity contribution in [2.75, 3.05) is 0 Å². The van der Waals surface area contributed by atoms with Crippen molar-refractivity contribution in [3.05, 3.63) is 0 Å². The van der Waals surface area contributed by atoms with Crippen molar-refractivity contribution in [1.29, 1.82) is 0 Å². The number of hydrogen-bond acceptors (Lipinski definition) is 0. The summed E-state index contributed by atoms with van der Waals surface area (Å²) in [6, 6.07) is 0. The molecule has 0 aliphatic heterocycles. The summed E-state index contributed by atoms with van der Waals surface area (Å²) < 4.78 is 0. The largest absolute Gasteiger partial charge is 0.316 e. The van der Waals surface area contributed by atoms with Gasteiger partial charge in [0.05, 0.1) is 0 Å². The van der Waals surface area contributed by atoms with Gasteiger partial charge in [-0.05, 0) is 0 Å². The van der Waals surface area contributed by atoms with Gasteiger partial charge in [-0.2, -0.15) is 9.90 Å². The molecule has 0 spiro atoms. The van der Waals surface area contributed by atoms with Crippen LogP contribution in [0.4, 0.5) is 0 Å². The van der Waals surface area contributed by atoms with Crippen LogP contribution in [0.25, 0.3) is 0 Å². The molecule has 0 heterocycles. The van der Waals surface area contributed by atoms with Crippen molar-refractivity contribution < 1.29 is 68.3 Å². The predicted octanol–water partition coefficient (Wildman–Crippen LogP) is -2.97. The first kappa shape index (κ1) is 73.8. The van der Waals surface area contributed by atoms with Crippen molar-refractivity contribution in [2.45, 2.75) is 0 Å². The molecule has 0 aliphatic rings. The molecule has 0 aromatic heterocycles. The molecule has 0 bridgehead atoms. The maximum atomic E-state index is 0. The average molecular weight is 410 g/mol. The molecule has 57 valence electrons. The van der Waals surface area contributed by atoms with E-state index in [-0.39, 0.29) is 157 Å². The monoisotopic (exact) mass is 409 g/mol. The molecule has 0 amide bonds. The smallest absolute Gasteiger partial charge is 0 e. The van der Waals surface area contributed by atoms with E-state index in [0.29, 0.717) is 0 Å². The average Bonchev–Trinajstić information content (AvgIpc) is 0. The Kier molecular flexibility index (Phi) is 529. The zero-order valence-electron chi connectivity index (χ0n) is 2.84. The van der Waals surface area contributed by atoms with E-state index in [1.165, 1.54) is 0 Å². The van der Waals surface area contributed by atoms with Crippen LogP contribution in [0.2, 0.25) is 0 Å². The third kappa shape index (κ3) is 43.6. The van der Waals surface area contributed by atoms with Gasteiger partial charge in [0.1, 0.15) is 0 Å². The fraction of sp³-hybridized carbons (Fsp3) is 0. The molecule has 0 fully saturated rings. The Balaban J connectivity index is 0. The van der Waals surface area contributed by atoms with Crippen LogP contribution >= 0.6 is 9.90 Å². The molecular weight excluding hydrogens is 400 g/mol. The van der Waals surface area contributed by atoms with Gasteiger partial charge in [0.15, 0.2) is 0 Å². The summed E-state index contributed by atoms with van der Waals surface area (Å²) in [7, 11) is 0. The SMILES string of the molecule is P.[AsH3].[CaH2].[Co].[Cr].[Cu].[MgH2].[Mn]. The fourth-order valence-corrected chi connectivity index (χ4v) is 0. The van der Waals surface area contributed by atoms with Gasteiger partial charge in [0.25, 0.3) is 0 Å². The molecule has 0 aromatic rings. The van der Waals surface area contributed by atoms with Gasteiger partial charge in [-0.3, -0.25) is 0 Å². The van der Waals surface area contributed by atoms with Gasteiger partial charge in [0, 0.05) is 68.3 Å². The number of hydrogen-bond donors (Lipinski definition) is 0. The minimum Gasteiger partial charge on any atom is 0 e. The Morgan fingerprint density at radius 3 is 1.00 bits per heavy atom. The molecule has 0 rings (SSSR count). The van der Waals surface area contributed by atoms with Crippen LogP contribution in [-0.4, -0.2) is 78.7 Å². The second-order valence-corrected chi connectivity index (χ2v) is 0. The van der Waals surface area contributed by atoms with Gasteiger partial charge in [-0.25, -0.2) is 0 Å². The molecule has 0 aromatic carbocycles. The van der Waals surface area contributed by atoms with Crippen LogP contribution in [0.3, 0.4) is 0 Å². The number of rotatable bonds is 0. The van der Waals surface area contributed by atoms with E-state index in [9.17, 15) is 0 Å². The molecule has 0 nitrogen and oxygen atoms in total. The Bertz CT molecular complexity index is 24.0. The summed E-state index contributed by atoms with van der Waals surface area (Å²) in [5, 5.41) is 0. The molecule has 8 heavy (non-hydrogen) atoms. The summed E-state index contributed by atoms with van der Waals surface area (Å²) in [4.78, 5) is 0. The molecule has 2 unspecified atom stereocenters. The van der Waals surface area contributed by atoms with E-state index in [0.717, 1.165) is 0 Å². The zero-order chi connectivity index (χ0) is 0. The first-order valence-corrected chi connectivity index (χ1v) is 0. The molecule has 3 radical (unpaired) electrons. The minimum atomic E-state index is 0. The second-order valence-electron chi connectivity index (χ2n) is 0. The predicted molar refractivity (Wildman–Crippen MR) is 38.1 cm³/mol. The van der Waals surface area contributed by atoms with Crippen molar-refractivity contribution in [1.82, 2.24) is 0 Å². The summed E-state index contributed by atoms with van der Waals surface area (Å²) in [6.45, 7) is 0. The van der Waals surface area contributed by atoms with Crippen molar-refractivity contribution in [3.8, 4) is 0 Å². The zero-order valence-corrected chi connectivity index (χ0v) is 11.7. The van der Waals surface area contributed by atoms with Crippen LogP contribution < -0.4 is 0 Å². The van der Waals surface area contributed by atoms with Crippen LogP contribution in [0, 0.1) is 0 Å². The van der Waals surface area contributed by atoms with Gasteiger partial charge in [-0.1, -0.05) is 0 Å². The van der Waals surface area contributed by atoms with E-state index >= 15 is 0 Å². The van der Waals surface area contributed by atoms with Crippen molar-refractivity contribution >= 4 is 88.6 Å². The maximum Gasteiger partial charge on any atom is 0.316 e. The maximum absolute atomic E-state index is 0. The summed E-state index contributed by atoms with van der Waals surface area (Å²) in [5.74, 6) is 0. The third-order valence-electron chi connectivity index (χ3n) is 0. The van der Waals surface area contributed by atoms with Gasteiger partial charge in [0.2, 0.25) is 0 Å². The van der Waals surface area contributed by atoms with Gasteiger partial charge in [-0.15, -0.1) is 0 Å². The normalized spacial score (nSPS) is 0. The van der Waals surface area contributed by atoms with Crippen LogP contribution in [-0.2, 0) is 68.3 Å². The van der Waals surface area contributed by atoms with E-state index in [1.54, 1.807) is 0 Å². The van der Waals surface area contributed by atoms with E-state index in [1.807, 2.05) is 0 Å². The Hall–Kier alpha value is 5.09. The third-order valence-corrected chi connectivity index (χ3v) is 0. The molecule has 0 N–H and O–H groups in total. The molecule has 0 saturated carbocycles. The van der Waals surface area contributed by atoms with E-state index in [4.69, 9.17) is 0 Å². The topological polar surface area (TPSA) is 0 Å². The van der Waals surface area contributed by atoms with E-state index in [2.05, 4.69) is 0 Å². The standard InChI is InChI=1S/AsH3.Ca.Co.Cr.Cu.Mg.Mn.H3P.4H/h1H3;;;;;;;1H3;;;;. The summed E-state index contributed by atoms with van der Waals surface area (Å²) >= 11 is 0. The Labute approximate surface area is 153 Å². The van der Waals surface area contributed by atoms with Crippen LogP contribution in [0.15, 0.2) is 0 Å². The molecular formula is H10AsCaCoCrCuMgMnP. The first-order chi connectivity index (χ1) is 0. The van der Waals surface area contributed by atoms with E-state index < -0.39 is 0 Å². The molecule has 8 heteroatoms. The molecule has 0 aliphatic carbocycles. The Morgan fingerprint density at radius 2 is 1.00 bits per heavy atom. The molecule has 2 atom stereocenters. The van der Waals surface area contributed by atoms with Crippen molar-refractivity contribution in [2.24, 2.45) is 0 Å². The van der Waals surface area contributed by atoms with Crippen LogP contribution in [0.5, 0.6) is 0 Å². The van der Waals surface area contributed by atoms with Gasteiger partial charge < -0.3 is 0 Å². The minimum absolute atomic E-state index is 0. The van der Waals surface area contributed by atoms with Gasteiger partial charge >= 0.3 is 78.7 Å².